The van der Waals surface area contributed by atoms with Gasteiger partial charge in [-0.2, -0.15) is 5.10 Å². The Labute approximate surface area is 161 Å². The average Bonchev–Trinajstić information content (AvgIpc) is 3.14. The molecule has 26 heavy (non-hydrogen) atoms. The maximum Gasteiger partial charge on any atom is 0.218 e. The molecule has 0 saturated carbocycles. The third-order valence-electron chi connectivity index (χ3n) is 3.56. The number of halogens is 2. The lowest BCUT2D eigenvalue weighted by atomic mass is 10.2. The second-order valence-electron chi connectivity index (χ2n) is 5.43. The van der Waals surface area contributed by atoms with E-state index in [9.17, 15) is 0 Å². The SMILES string of the molecule is CCOc1cc(CNc2ncn[nH]2)c(Cl)cc1OCc1cccc(Cl)c1. The van der Waals surface area contributed by atoms with Crippen molar-refractivity contribution in [1.29, 1.82) is 0 Å². The van der Waals surface area contributed by atoms with Crippen molar-refractivity contribution in [3.63, 3.8) is 0 Å². The van der Waals surface area contributed by atoms with Crippen LogP contribution in [0.5, 0.6) is 11.5 Å². The summed E-state index contributed by atoms with van der Waals surface area (Å²) in [7, 11) is 0. The van der Waals surface area contributed by atoms with E-state index in [0.717, 1.165) is 11.1 Å². The number of aromatic amines is 1. The number of hydrogen-bond acceptors (Lipinski definition) is 5. The maximum atomic E-state index is 6.41. The lowest BCUT2D eigenvalue weighted by Crippen LogP contribution is -2.04. The van der Waals surface area contributed by atoms with Crippen molar-refractivity contribution in [3.05, 3.63) is 63.9 Å². The number of rotatable bonds is 8. The molecule has 0 radical (unpaired) electrons. The Hall–Kier alpha value is -2.44. The Morgan fingerprint density at radius 3 is 2.69 bits per heavy atom. The van der Waals surface area contributed by atoms with Crippen LogP contribution in [0.4, 0.5) is 5.95 Å². The molecule has 3 rings (SSSR count). The highest BCUT2D eigenvalue weighted by Crippen LogP contribution is 2.34. The highest BCUT2D eigenvalue weighted by Gasteiger charge is 2.12. The smallest absolute Gasteiger partial charge is 0.218 e. The minimum atomic E-state index is 0.368. The molecule has 6 nitrogen and oxygen atoms in total. The number of nitrogens with zero attached hydrogens (tertiary/aromatic N) is 2. The zero-order chi connectivity index (χ0) is 18.4. The molecule has 0 amide bonds. The van der Waals surface area contributed by atoms with Crippen molar-refractivity contribution in [2.24, 2.45) is 0 Å². The minimum Gasteiger partial charge on any atom is -0.490 e. The first-order valence-electron chi connectivity index (χ1n) is 8.07. The maximum absolute atomic E-state index is 6.41. The standard InChI is InChI=1S/C18H18Cl2N4O2/c1-2-25-16-7-13(9-21-18-22-11-23-24-18)15(20)8-17(16)26-10-12-4-3-5-14(19)6-12/h3-8,11H,2,9-10H2,1H3,(H2,21,22,23,24). The van der Waals surface area contributed by atoms with Crippen molar-refractivity contribution in [1.82, 2.24) is 15.2 Å². The van der Waals surface area contributed by atoms with Crippen LogP contribution in [0.25, 0.3) is 0 Å². The molecule has 0 aliphatic carbocycles. The van der Waals surface area contributed by atoms with Crippen LogP contribution in [0.15, 0.2) is 42.7 Å². The molecule has 0 saturated heterocycles. The van der Waals surface area contributed by atoms with E-state index in [4.69, 9.17) is 32.7 Å². The van der Waals surface area contributed by atoms with Crippen LogP contribution in [-0.4, -0.2) is 21.8 Å². The van der Waals surface area contributed by atoms with Gasteiger partial charge < -0.3 is 14.8 Å². The summed E-state index contributed by atoms with van der Waals surface area (Å²) in [6.45, 7) is 3.28. The van der Waals surface area contributed by atoms with E-state index >= 15 is 0 Å². The summed E-state index contributed by atoms with van der Waals surface area (Å²) in [6, 6.07) is 11.1. The first kappa shape index (κ1) is 18.4. The van der Waals surface area contributed by atoms with Gasteiger partial charge in [-0.3, -0.25) is 0 Å². The lowest BCUT2D eigenvalue weighted by Gasteiger charge is -2.15. The minimum absolute atomic E-state index is 0.368. The Balaban J connectivity index is 1.75. The van der Waals surface area contributed by atoms with Gasteiger partial charge in [0.05, 0.1) is 6.61 Å². The lowest BCUT2D eigenvalue weighted by molar-refractivity contribution is 0.269. The molecule has 2 aromatic carbocycles. The molecule has 3 aromatic rings. The molecule has 1 aromatic heterocycles. The van der Waals surface area contributed by atoms with Gasteiger partial charge in [0.25, 0.3) is 0 Å². The molecule has 1 heterocycles. The monoisotopic (exact) mass is 392 g/mol. The number of benzene rings is 2. The predicted molar refractivity (Wildman–Crippen MR) is 102 cm³/mol. The fourth-order valence-electron chi connectivity index (χ4n) is 2.35. The third-order valence-corrected chi connectivity index (χ3v) is 4.14. The van der Waals surface area contributed by atoms with Crippen LogP contribution < -0.4 is 14.8 Å². The second-order valence-corrected chi connectivity index (χ2v) is 6.27. The Morgan fingerprint density at radius 2 is 1.96 bits per heavy atom. The van der Waals surface area contributed by atoms with Crippen molar-refractivity contribution >= 4 is 29.2 Å². The summed E-state index contributed by atoms with van der Waals surface area (Å²) in [5.41, 5.74) is 1.83. The van der Waals surface area contributed by atoms with Crippen molar-refractivity contribution in [2.45, 2.75) is 20.1 Å². The highest BCUT2D eigenvalue weighted by molar-refractivity contribution is 6.31. The number of ether oxygens (including phenoxy) is 2. The zero-order valence-corrected chi connectivity index (χ0v) is 15.6. The molecule has 0 aliphatic rings. The molecule has 0 atom stereocenters. The fourth-order valence-corrected chi connectivity index (χ4v) is 2.78. The molecule has 8 heteroatoms. The molecule has 0 bridgehead atoms. The van der Waals surface area contributed by atoms with Gasteiger partial charge >= 0.3 is 0 Å². The number of hydrogen-bond donors (Lipinski definition) is 2. The van der Waals surface area contributed by atoms with Crippen molar-refractivity contribution in [3.8, 4) is 11.5 Å². The van der Waals surface area contributed by atoms with Gasteiger partial charge in [-0.1, -0.05) is 35.3 Å². The summed E-state index contributed by atoms with van der Waals surface area (Å²) in [5.74, 6) is 1.79. The van der Waals surface area contributed by atoms with E-state index < -0.39 is 0 Å². The normalized spacial score (nSPS) is 10.6. The molecule has 2 N–H and O–H groups in total. The van der Waals surface area contributed by atoms with Gasteiger partial charge in [-0.15, -0.1) is 0 Å². The topological polar surface area (TPSA) is 72.1 Å². The van der Waals surface area contributed by atoms with Crippen molar-refractivity contribution < 1.29 is 9.47 Å². The van der Waals surface area contributed by atoms with Crippen LogP contribution in [-0.2, 0) is 13.2 Å². The Morgan fingerprint density at radius 1 is 1.12 bits per heavy atom. The van der Waals surface area contributed by atoms with E-state index in [-0.39, 0.29) is 0 Å². The summed E-state index contributed by atoms with van der Waals surface area (Å²) in [4.78, 5) is 4.02. The fraction of sp³-hybridized carbons (Fsp3) is 0.222. The number of aromatic nitrogens is 3. The number of H-pyrrole nitrogens is 1. The first-order chi connectivity index (χ1) is 12.7. The Bertz CT molecular complexity index is 856. The quantitative estimate of drug-likeness (QED) is 0.580. The van der Waals surface area contributed by atoms with Gasteiger partial charge in [0.1, 0.15) is 12.9 Å². The van der Waals surface area contributed by atoms with E-state index in [1.165, 1.54) is 6.33 Å². The number of anilines is 1. The zero-order valence-electron chi connectivity index (χ0n) is 14.1. The highest BCUT2D eigenvalue weighted by atomic mass is 35.5. The molecule has 0 aliphatic heterocycles. The van der Waals surface area contributed by atoms with Crippen LogP contribution in [0.2, 0.25) is 10.0 Å². The van der Waals surface area contributed by atoms with Crippen LogP contribution >= 0.6 is 23.2 Å². The third kappa shape index (κ3) is 4.80. The van der Waals surface area contributed by atoms with Gasteiger partial charge in [0.2, 0.25) is 5.95 Å². The largest absolute Gasteiger partial charge is 0.490 e. The van der Waals surface area contributed by atoms with E-state index in [1.54, 1.807) is 6.07 Å². The first-order valence-corrected chi connectivity index (χ1v) is 8.83. The van der Waals surface area contributed by atoms with E-state index in [0.29, 0.717) is 47.3 Å². The van der Waals surface area contributed by atoms with Crippen molar-refractivity contribution in [2.75, 3.05) is 11.9 Å². The molecule has 0 fully saturated rings. The molecular weight excluding hydrogens is 375 g/mol. The van der Waals surface area contributed by atoms with Gasteiger partial charge in [-0.05, 0) is 36.2 Å². The average molecular weight is 393 g/mol. The summed E-state index contributed by atoms with van der Waals surface area (Å²) in [5, 5.41) is 10.9. The summed E-state index contributed by atoms with van der Waals surface area (Å²) >= 11 is 12.4. The van der Waals surface area contributed by atoms with Gasteiger partial charge in [0.15, 0.2) is 11.5 Å². The van der Waals surface area contributed by atoms with E-state index in [2.05, 4.69) is 20.5 Å². The summed E-state index contributed by atoms with van der Waals surface area (Å²) in [6.07, 6.45) is 1.43. The Kier molecular flexibility index (Phi) is 6.20. The van der Waals surface area contributed by atoms with Crippen LogP contribution in [0, 0.1) is 0 Å². The summed E-state index contributed by atoms with van der Waals surface area (Å²) < 4.78 is 11.6. The number of nitrogens with one attached hydrogen (secondary N) is 2. The van der Waals surface area contributed by atoms with Gasteiger partial charge in [-0.25, -0.2) is 10.1 Å². The molecule has 136 valence electrons. The molecule has 0 spiro atoms. The predicted octanol–water partition coefficient (Wildman–Crippen LogP) is 4.70. The second kappa shape index (κ2) is 8.78. The molecular formula is C18H18Cl2N4O2. The molecule has 0 unspecified atom stereocenters. The van der Waals surface area contributed by atoms with Gasteiger partial charge in [0, 0.05) is 22.7 Å². The van der Waals surface area contributed by atoms with Crippen LogP contribution in [0.3, 0.4) is 0 Å². The van der Waals surface area contributed by atoms with E-state index in [1.807, 2.05) is 37.3 Å². The van der Waals surface area contributed by atoms with Crippen LogP contribution in [0.1, 0.15) is 18.1 Å².